The van der Waals surface area contributed by atoms with Crippen LogP contribution >= 0.6 is 11.8 Å². The molecule has 0 saturated heterocycles. The molecule has 1 aliphatic carbocycles. The summed E-state index contributed by atoms with van der Waals surface area (Å²) in [6.07, 6.45) is 0. The molecule has 1 spiro atoms. The van der Waals surface area contributed by atoms with Crippen LogP contribution in [0.4, 0.5) is 0 Å². The maximum Gasteiger partial charge on any atom is 0.164 e. The summed E-state index contributed by atoms with van der Waals surface area (Å²) >= 11 is 1.88. The molecule has 0 amide bonds. The lowest BCUT2D eigenvalue weighted by Gasteiger charge is -2.50. The fourth-order valence-electron chi connectivity index (χ4n) is 9.42. The summed E-state index contributed by atoms with van der Waals surface area (Å²) in [5.74, 6) is 1.93. The van der Waals surface area contributed by atoms with Crippen molar-refractivity contribution in [2.24, 2.45) is 0 Å². The van der Waals surface area contributed by atoms with Crippen LogP contribution in [0.5, 0.6) is 0 Å². The standard InChI is InChI=1S/C55H39N3S/c1-54(2)43-22-9-10-23-44(43)55(46-24-11-13-26-49(46)59-50-27-14-12-25-47(50)55)45-33-32-41(35-48(45)54)40-20-15-21-42(34-40)53-57-51(38-18-7-4-8-19-38)56-52(58-53)39-30-28-37(29-31-39)36-16-5-3-6-17-36/h3-35H,1-2H3. The van der Waals surface area contributed by atoms with Crippen molar-refractivity contribution in [3.05, 3.63) is 234 Å². The number of hydrogen-bond acceptors (Lipinski definition) is 4. The van der Waals surface area contributed by atoms with Crippen LogP contribution in [-0.2, 0) is 10.8 Å². The normalized spacial score (nSPS) is 14.1. The first-order valence-corrected chi connectivity index (χ1v) is 21.0. The highest BCUT2D eigenvalue weighted by Crippen LogP contribution is 2.61. The van der Waals surface area contributed by atoms with Crippen LogP contribution in [0.2, 0.25) is 0 Å². The van der Waals surface area contributed by atoms with Crippen molar-refractivity contribution in [1.29, 1.82) is 0 Å². The smallest absolute Gasteiger partial charge is 0.164 e. The third-order valence-corrected chi connectivity index (χ3v) is 13.4. The van der Waals surface area contributed by atoms with E-state index in [0.717, 1.165) is 33.4 Å². The van der Waals surface area contributed by atoms with Gasteiger partial charge in [-0.15, -0.1) is 0 Å². The van der Waals surface area contributed by atoms with Crippen molar-refractivity contribution in [2.75, 3.05) is 0 Å². The predicted octanol–water partition coefficient (Wildman–Crippen LogP) is 13.7. The van der Waals surface area contributed by atoms with E-state index in [2.05, 4.69) is 190 Å². The number of nitrogens with zero attached hydrogens (tertiary/aromatic N) is 3. The average molecular weight is 774 g/mol. The highest BCUT2D eigenvalue weighted by Gasteiger charge is 2.52. The van der Waals surface area contributed by atoms with Crippen molar-refractivity contribution in [3.63, 3.8) is 0 Å². The van der Waals surface area contributed by atoms with Gasteiger partial charge in [-0.05, 0) is 79.9 Å². The minimum absolute atomic E-state index is 0.247. The highest BCUT2D eigenvalue weighted by atomic mass is 32.2. The van der Waals surface area contributed by atoms with Gasteiger partial charge in [-0.1, -0.05) is 202 Å². The summed E-state index contributed by atoms with van der Waals surface area (Å²) in [6.45, 7) is 4.77. The van der Waals surface area contributed by atoms with Crippen molar-refractivity contribution < 1.29 is 0 Å². The van der Waals surface area contributed by atoms with E-state index in [1.807, 2.05) is 36.0 Å². The van der Waals surface area contributed by atoms with E-state index in [4.69, 9.17) is 15.0 Å². The van der Waals surface area contributed by atoms with E-state index in [-0.39, 0.29) is 5.41 Å². The molecule has 59 heavy (non-hydrogen) atoms. The largest absolute Gasteiger partial charge is 0.208 e. The third kappa shape index (κ3) is 5.70. The second kappa shape index (κ2) is 13.9. The van der Waals surface area contributed by atoms with Gasteiger partial charge in [0, 0.05) is 31.9 Å². The molecule has 0 bridgehead atoms. The monoisotopic (exact) mass is 773 g/mol. The molecule has 0 radical (unpaired) electrons. The quantitative estimate of drug-likeness (QED) is 0.175. The van der Waals surface area contributed by atoms with Gasteiger partial charge in [-0.25, -0.2) is 15.0 Å². The molecule has 0 unspecified atom stereocenters. The van der Waals surface area contributed by atoms with Crippen LogP contribution in [0, 0.1) is 0 Å². The maximum absolute atomic E-state index is 5.13. The molecule has 1 aliphatic heterocycles. The van der Waals surface area contributed by atoms with Crippen molar-refractivity contribution in [3.8, 4) is 56.4 Å². The molecule has 0 atom stereocenters. The van der Waals surface area contributed by atoms with Crippen LogP contribution < -0.4 is 0 Å². The number of rotatable bonds is 5. The SMILES string of the molecule is CC1(C)c2ccccc2C2(c3ccccc3Sc3ccccc32)c2ccc(-c3cccc(-c4nc(-c5ccccc5)nc(-c5ccc(-c6ccccc6)cc5)n4)c3)cc21. The molecule has 0 N–H and O–H groups in total. The zero-order valence-electron chi connectivity index (χ0n) is 32.8. The zero-order valence-corrected chi connectivity index (χ0v) is 33.6. The summed E-state index contributed by atoms with van der Waals surface area (Å²) in [4.78, 5) is 17.9. The van der Waals surface area contributed by atoms with Crippen LogP contribution in [0.1, 0.15) is 47.2 Å². The Morgan fingerprint density at radius 2 is 0.712 bits per heavy atom. The molecule has 9 aromatic rings. The molecule has 2 aliphatic rings. The Morgan fingerprint density at radius 3 is 1.36 bits per heavy atom. The molecule has 280 valence electrons. The molecular weight excluding hydrogens is 735 g/mol. The van der Waals surface area contributed by atoms with Gasteiger partial charge in [0.2, 0.25) is 0 Å². The Kier molecular flexibility index (Phi) is 8.31. The van der Waals surface area contributed by atoms with Crippen LogP contribution in [0.25, 0.3) is 56.4 Å². The molecule has 0 saturated carbocycles. The number of hydrogen-bond donors (Lipinski definition) is 0. The number of fused-ring (bicyclic) bond motifs is 8. The van der Waals surface area contributed by atoms with Crippen molar-refractivity contribution in [2.45, 2.75) is 34.5 Å². The van der Waals surface area contributed by atoms with Crippen LogP contribution in [0.15, 0.2) is 210 Å². The topological polar surface area (TPSA) is 38.7 Å². The molecule has 4 heteroatoms. The maximum atomic E-state index is 5.13. The predicted molar refractivity (Wildman–Crippen MR) is 242 cm³/mol. The van der Waals surface area contributed by atoms with Gasteiger partial charge in [0.1, 0.15) is 0 Å². The first-order chi connectivity index (χ1) is 29.0. The van der Waals surface area contributed by atoms with Gasteiger partial charge in [0.15, 0.2) is 17.5 Å². The average Bonchev–Trinajstić information content (AvgIpc) is 3.31. The van der Waals surface area contributed by atoms with E-state index < -0.39 is 5.41 Å². The first kappa shape index (κ1) is 35.3. The Labute approximate surface area is 349 Å². The molecule has 3 nitrogen and oxygen atoms in total. The molecule has 1 aromatic heterocycles. The molecule has 8 aromatic carbocycles. The first-order valence-electron chi connectivity index (χ1n) is 20.2. The van der Waals surface area contributed by atoms with E-state index in [9.17, 15) is 0 Å². The second-order valence-corrected chi connectivity index (χ2v) is 17.1. The van der Waals surface area contributed by atoms with Gasteiger partial charge < -0.3 is 0 Å². The number of aromatic nitrogens is 3. The minimum atomic E-state index is -0.450. The van der Waals surface area contributed by atoms with E-state index in [1.165, 1.54) is 48.7 Å². The van der Waals surface area contributed by atoms with Crippen molar-refractivity contribution >= 4 is 11.8 Å². The Hall–Kier alpha value is -6.88. The Balaban J connectivity index is 1.06. The lowest BCUT2D eigenvalue weighted by atomic mass is 9.54. The Bertz CT molecular complexity index is 3000. The minimum Gasteiger partial charge on any atom is -0.208 e. The van der Waals surface area contributed by atoms with Crippen LogP contribution in [-0.4, -0.2) is 15.0 Å². The number of benzene rings is 8. The fourth-order valence-corrected chi connectivity index (χ4v) is 10.6. The summed E-state index contributed by atoms with van der Waals surface area (Å²) in [5, 5.41) is 0. The molecular formula is C55H39N3S. The van der Waals surface area contributed by atoms with Gasteiger partial charge in [-0.2, -0.15) is 0 Å². The summed E-state index contributed by atoms with van der Waals surface area (Å²) < 4.78 is 0. The molecule has 0 fully saturated rings. The van der Waals surface area contributed by atoms with Gasteiger partial charge >= 0.3 is 0 Å². The second-order valence-electron chi connectivity index (χ2n) is 16.0. The van der Waals surface area contributed by atoms with Crippen LogP contribution in [0.3, 0.4) is 0 Å². The van der Waals surface area contributed by atoms with Gasteiger partial charge in [0.25, 0.3) is 0 Å². The van der Waals surface area contributed by atoms with E-state index in [1.54, 1.807) is 0 Å². The lowest BCUT2D eigenvalue weighted by molar-refractivity contribution is 0.549. The third-order valence-electron chi connectivity index (χ3n) is 12.3. The zero-order chi connectivity index (χ0) is 39.6. The Morgan fingerprint density at radius 1 is 0.305 bits per heavy atom. The summed E-state index contributed by atoms with van der Waals surface area (Å²) in [6, 6.07) is 72.1. The lowest BCUT2D eigenvalue weighted by Crippen LogP contribution is -2.43. The van der Waals surface area contributed by atoms with E-state index in [0.29, 0.717) is 17.5 Å². The molecule has 2 heterocycles. The van der Waals surface area contributed by atoms with Gasteiger partial charge in [0.05, 0.1) is 5.41 Å². The fraction of sp³-hybridized carbons (Fsp3) is 0.0727. The molecule has 11 rings (SSSR count). The summed E-state index contributed by atoms with van der Waals surface area (Å²) in [5.41, 5.74) is 14.8. The summed E-state index contributed by atoms with van der Waals surface area (Å²) in [7, 11) is 0. The van der Waals surface area contributed by atoms with E-state index >= 15 is 0 Å². The highest BCUT2D eigenvalue weighted by molar-refractivity contribution is 7.99. The van der Waals surface area contributed by atoms with Crippen molar-refractivity contribution in [1.82, 2.24) is 15.0 Å². The van der Waals surface area contributed by atoms with Gasteiger partial charge in [-0.3, -0.25) is 0 Å².